The van der Waals surface area contributed by atoms with Crippen LogP contribution in [0.15, 0.2) is 60.8 Å². The summed E-state index contributed by atoms with van der Waals surface area (Å²) in [6, 6.07) is 19.4. The first-order chi connectivity index (χ1) is 17.2. The molecule has 0 aliphatic carbocycles. The fourth-order valence-electron chi connectivity index (χ4n) is 5.09. The maximum Gasteiger partial charge on any atom is 0.0968 e. The third-order valence-corrected chi connectivity index (χ3v) is 7.14. The monoisotopic (exact) mass is 473 g/mol. The highest BCUT2D eigenvalue weighted by atomic mass is 15.3. The van der Waals surface area contributed by atoms with E-state index in [9.17, 15) is 0 Å². The summed E-state index contributed by atoms with van der Waals surface area (Å²) in [4.78, 5) is 7.88. The third kappa shape index (κ3) is 7.26. The number of aryl methyl sites for hydroxylation is 1. The van der Waals surface area contributed by atoms with E-state index in [0.29, 0.717) is 0 Å². The molecule has 0 bridgehead atoms. The fraction of sp³-hybridized carbons (Fsp3) is 0.500. The summed E-state index contributed by atoms with van der Waals surface area (Å²) in [5.41, 5.74) is 6.25. The van der Waals surface area contributed by atoms with Crippen LogP contribution in [-0.4, -0.2) is 76.8 Å². The van der Waals surface area contributed by atoms with Crippen LogP contribution < -0.4 is 0 Å². The summed E-state index contributed by atoms with van der Waals surface area (Å²) < 4.78 is 2.12. The molecule has 35 heavy (non-hydrogen) atoms. The van der Waals surface area contributed by atoms with Crippen molar-refractivity contribution >= 4 is 0 Å². The second-order valence-corrected chi connectivity index (χ2v) is 9.72. The number of aromatic nitrogens is 2. The Morgan fingerprint density at radius 3 is 1.94 bits per heavy atom. The van der Waals surface area contributed by atoms with E-state index in [-0.39, 0.29) is 0 Å². The Kier molecular flexibility index (Phi) is 9.52. The van der Waals surface area contributed by atoms with Gasteiger partial charge >= 0.3 is 0 Å². The number of hydrogen-bond acceptors (Lipinski definition) is 4. The van der Waals surface area contributed by atoms with Crippen molar-refractivity contribution in [1.82, 2.24) is 24.5 Å². The van der Waals surface area contributed by atoms with Gasteiger partial charge in [-0.3, -0.25) is 14.5 Å². The smallest absolute Gasteiger partial charge is 0.0968 e. The average Bonchev–Trinajstić information content (AvgIpc) is 3.56. The van der Waals surface area contributed by atoms with Crippen LogP contribution in [0.4, 0.5) is 0 Å². The molecular formula is C30H43N5. The van der Waals surface area contributed by atoms with Crippen molar-refractivity contribution in [3.8, 4) is 11.3 Å². The molecule has 0 atom stereocenters. The zero-order chi connectivity index (χ0) is 24.5. The lowest BCUT2D eigenvalue weighted by molar-refractivity contribution is 0.118. The number of nitrogens with zero attached hydrogens (tertiary/aromatic N) is 5. The van der Waals surface area contributed by atoms with Gasteiger partial charge in [-0.2, -0.15) is 5.10 Å². The molecule has 0 radical (unpaired) electrons. The summed E-state index contributed by atoms with van der Waals surface area (Å²) in [7, 11) is 0. The van der Waals surface area contributed by atoms with Gasteiger partial charge in [0.25, 0.3) is 0 Å². The maximum atomic E-state index is 5.03. The van der Waals surface area contributed by atoms with Gasteiger partial charge in [0.2, 0.25) is 0 Å². The SMILES string of the molecule is CC.Cc1ccc(-c2nn(Cc3ccccc3)cc2CN2CCN(CCN3CCCC3)CC2)cc1. The van der Waals surface area contributed by atoms with Crippen LogP contribution in [0.5, 0.6) is 0 Å². The molecule has 2 aromatic carbocycles. The summed E-state index contributed by atoms with van der Waals surface area (Å²) in [6.45, 7) is 17.6. The van der Waals surface area contributed by atoms with Crippen LogP contribution in [0.2, 0.25) is 0 Å². The Hall–Kier alpha value is -2.47. The molecule has 2 aliphatic rings. The Morgan fingerprint density at radius 2 is 1.29 bits per heavy atom. The molecule has 0 amide bonds. The molecule has 1 aromatic heterocycles. The minimum Gasteiger partial charge on any atom is -0.302 e. The van der Waals surface area contributed by atoms with Gasteiger partial charge in [0, 0.05) is 63.1 Å². The Bertz CT molecular complexity index is 997. The number of likely N-dealkylation sites (tertiary alicyclic amines) is 1. The van der Waals surface area contributed by atoms with Crippen LogP contribution >= 0.6 is 0 Å². The van der Waals surface area contributed by atoms with Crippen molar-refractivity contribution in [2.24, 2.45) is 0 Å². The molecule has 188 valence electrons. The van der Waals surface area contributed by atoms with Gasteiger partial charge in [-0.05, 0) is 38.4 Å². The zero-order valence-electron chi connectivity index (χ0n) is 22.0. The number of piperazine rings is 1. The van der Waals surface area contributed by atoms with Crippen LogP contribution in [-0.2, 0) is 13.1 Å². The largest absolute Gasteiger partial charge is 0.302 e. The van der Waals surface area contributed by atoms with E-state index in [1.807, 2.05) is 13.8 Å². The molecule has 0 spiro atoms. The van der Waals surface area contributed by atoms with Crippen molar-refractivity contribution < 1.29 is 0 Å². The van der Waals surface area contributed by atoms with Crippen LogP contribution in [0.1, 0.15) is 43.4 Å². The van der Waals surface area contributed by atoms with Gasteiger partial charge in [-0.15, -0.1) is 0 Å². The van der Waals surface area contributed by atoms with E-state index in [4.69, 9.17) is 5.10 Å². The standard InChI is InChI=1S/C28H37N5.C2H6/c1-24-9-11-26(12-10-24)28-27(23-33(29-28)21-25-7-3-2-4-8-25)22-32-19-17-31(18-20-32)16-15-30-13-5-6-14-30;1-2/h2-4,7-12,23H,5-6,13-22H2,1H3;1-2H3. The van der Waals surface area contributed by atoms with Crippen LogP contribution in [0, 0.1) is 6.92 Å². The summed E-state index contributed by atoms with van der Waals surface area (Å²) in [6.07, 6.45) is 5.03. The first-order valence-corrected chi connectivity index (χ1v) is 13.6. The van der Waals surface area contributed by atoms with E-state index in [1.54, 1.807) is 0 Å². The van der Waals surface area contributed by atoms with E-state index >= 15 is 0 Å². The number of hydrogen-bond donors (Lipinski definition) is 0. The molecule has 3 aromatic rings. The summed E-state index contributed by atoms with van der Waals surface area (Å²) >= 11 is 0. The molecule has 2 fully saturated rings. The van der Waals surface area contributed by atoms with Gasteiger partial charge in [0.1, 0.15) is 0 Å². The highest BCUT2D eigenvalue weighted by molar-refractivity contribution is 5.63. The minimum atomic E-state index is 0.810. The number of benzene rings is 2. The minimum absolute atomic E-state index is 0.810. The summed E-state index contributed by atoms with van der Waals surface area (Å²) in [5, 5.41) is 5.03. The van der Waals surface area contributed by atoms with E-state index in [1.165, 1.54) is 74.4 Å². The lowest BCUT2D eigenvalue weighted by atomic mass is 10.1. The van der Waals surface area contributed by atoms with Crippen LogP contribution in [0.3, 0.4) is 0 Å². The molecular weight excluding hydrogens is 430 g/mol. The average molecular weight is 474 g/mol. The van der Waals surface area contributed by atoms with Crippen molar-refractivity contribution in [3.63, 3.8) is 0 Å². The van der Waals surface area contributed by atoms with E-state index in [0.717, 1.165) is 31.9 Å². The second-order valence-electron chi connectivity index (χ2n) is 9.72. The van der Waals surface area contributed by atoms with E-state index in [2.05, 4.69) is 87.1 Å². The first kappa shape index (κ1) is 25.6. The summed E-state index contributed by atoms with van der Waals surface area (Å²) in [5.74, 6) is 0. The predicted octanol–water partition coefficient (Wildman–Crippen LogP) is 5.15. The van der Waals surface area contributed by atoms with Gasteiger partial charge in [0.05, 0.1) is 12.2 Å². The lowest BCUT2D eigenvalue weighted by Crippen LogP contribution is -2.47. The molecule has 5 heteroatoms. The Morgan fingerprint density at radius 1 is 0.686 bits per heavy atom. The topological polar surface area (TPSA) is 27.5 Å². The van der Waals surface area contributed by atoms with Crippen LogP contribution in [0.25, 0.3) is 11.3 Å². The molecule has 3 heterocycles. The molecule has 0 saturated carbocycles. The molecule has 0 unspecified atom stereocenters. The highest BCUT2D eigenvalue weighted by Crippen LogP contribution is 2.25. The highest BCUT2D eigenvalue weighted by Gasteiger charge is 2.21. The fourth-order valence-corrected chi connectivity index (χ4v) is 5.09. The van der Waals surface area contributed by atoms with Gasteiger partial charge in [0.15, 0.2) is 0 Å². The van der Waals surface area contributed by atoms with Crippen molar-refractivity contribution in [3.05, 3.63) is 77.5 Å². The second kappa shape index (κ2) is 13.0. The Balaban J connectivity index is 0.00000141. The molecule has 5 rings (SSSR count). The van der Waals surface area contributed by atoms with Gasteiger partial charge in [-0.1, -0.05) is 74.0 Å². The normalized spacial score (nSPS) is 17.3. The molecule has 2 saturated heterocycles. The lowest BCUT2D eigenvalue weighted by Gasteiger charge is -2.35. The quantitative estimate of drug-likeness (QED) is 0.452. The molecule has 2 aliphatic heterocycles. The first-order valence-electron chi connectivity index (χ1n) is 13.6. The predicted molar refractivity (Wildman–Crippen MR) is 147 cm³/mol. The van der Waals surface area contributed by atoms with Crippen molar-refractivity contribution in [1.29, 1.82) is 0 Å². The molecule has 0 N–H and O–H groups in total. The van der Waals surface area contributed by atoms with E-state index < -0.39 is 0 Å². The van der Waals surface area contributed by atoms with Gasteiger partial charge in [-0.25, -0.2) is 0 Å². The zero-order valence-corrected chi connectivity index (χ0v) is 22.0. The van der Waals surface area contributed by atoms with Crippen molar-refractivity contribution in [2.75, 3.05) is 52.4 Å². The Labute approximate surface area is 212 Å². The maximum absolute atomic E-state index is 5.03. The van der Waals surface area contributed by atoms with Gasteiger partial charge < -0.3 is 4.90 Å². The number of rotatable bonds is 8. The third-order valence-electron chi connectivity index (χ3n) is 7.14. The van der Waals surface area contributed by atoms with Crippen molar-refractivity contribution in [2.45, 2.75) is 46.7 Å². The molecule has 5 nitrogen and oxygen atoms in total.